The topological polar surface area (TPSA) is 65.4 Å². The van der Waals surface area contributed by atoms with Gasteiger partial charge in [-0.15, -0.1) is 0 Å². The van der Waals surface area contributed by atoms with Crippen LogP contribution in [0.15, 0.2) is 79.0 Å². The van der Waals surface area contributed by atoms with E-state index in [1.165, 1.54) is 6.07 Å². The van der Waals surface area contributed by atoms with Crippen LogP contribution in [0.5, 0.6) is 11.5 Å². The fourth-order valence-corrected chi connectivity index (χ4v) is 3.82. The Morgan fingerprint density at radius 2 is 1.81 bits per heavy atom. The molecular formula is C30H32FN3O3. The molecule has 1 amide bonds. The maximum Gasteiger partial charge on any atom is 0.251 e. The zero-order valence-electron chi connectivity index (χ0n) is 21.4. The lowest BCUT2D eigenvalue weighted by Gasteiger charge is -2.10. The van der Waals surface area contributed by atoms with Gasteiger partial charge in [-0.25, -0.2) is 9.07 Å². The van der Waals surface area contributed by atoms with Crippen molar-refractivity contribution >= 4 is 5.91 Å². The van der Waals surface area contributed by atoms with Crippen LogP contribution in [0.4, 0.5) is 4.39 Å². The molecule has 37 heavy (non-hydrogen) atoms. The van der Waals surface area contributed by atoms with Gasteiger partial charge in [0, 0.05) is 29.4 Å². The van der Waals surface area contributed by atoms with Crippen molar-refractivity contribution in [2.45, 2.75) is 46.3 Å². The van der Waals surface area contributed by atoms with E-state index in [2.05, 4.69) is 12.2 Å². The van der Waals surface area contributed by atoms with E-state index in [1.54, 1.807) is 41.1 Å². The third-order valence-electron chi connectivity index (χ3n) is 5.70. The van der Waals surface area contributed by atoms with Crippen molar-refractivity contribution in [3.05, 3.63) is 95.9 Å². The predicted molar refractivity (Wildman–Crippen MR) is 143 cm³/mol. The van der Waals surface area contributed by atoms with Gasteiger partial charge in [-0.05, 0) is 74.9 Å². The van der Waals surface area contributed by atoms with Crippen LogP contribution in [0.25, 0.3) is 16.9 Å². The Kier molecular flexibility index (Phi) is 8.56. The molecule has 0 aliphatic heterocycles. The molecule has 3 aromatic carbocycles. The van der Waals surface area contributed by atoms with E-state index in [4.69, 9.17) is 14.6 Å². The highest BCUT2D eigenvalue weighted by molar-refractivity contribution is 5.94. The fraction of sp³-hybridized carbons (Fsp3) is 0.267. The van der Waals surface area contributed by atoms with Crippen LogP contribution in [0.1, 0.15) is 49.5 Å². The highest BCUT2D eigenvalue weighted by Gasteiger charge is 2.16. The van der Waals surface area contributed by atoms with Crippen LogP contribution in [0.3, 0.4) is 0 Å². The first kappa shape index (κ1) is 25.9. The summed E-state index contributed by atoms with van der Waals surface area (Å²) in [7, 11) is 0. The summed E-state index contributed by atoms with van der Waals surface area (Å²) in [4.78, 5) is 12.8. The summed E-state index contributed by atoms with van der Waals surface area (Å²) in [6.45, 7) is 6.65. The standard InChI is InChI=1S/C30H32FN3O3/c1-4-5-17-36-28-16-13-23(18-27(28)31)29-24(20-34(33-29)25-9-7-6-8-10-25)19-32-30(35)22-11-14-26(15-12-22)37-21(2)3/h6-16,18,20-21H,4-5,17,19H2,1-3H3,(H,32,35). The summed E-state index contributed by atoms with van der Waals surface area (Å²) in [5.74, 6) is 0.267. The number of nitrogens with zero attached hydrogens (tertiary/aromatic N) is 2. The average Bonchev–Trinajstić information content (AvgIpc) is 3.33. The lowest BCUT2D eigenvalue weighted by molar-refractivity contribution is 0.0951. The van der Waals surface area contributed by atoms with E-state index in [0.29, 0.717) is 29.2 Å². The molecule has 0 aliphatic carbocycles. The van der Waals surface area contributed by atoms with Crippen LogP contribution >= 0.6 is 0 Å². The summed E-state index contributed by atoms with van der Waals surface area (Å²) in [5, 5.41) is 7.69. The van der Waals surface area contributed by atoms with Gasteiger partial charge >= 0.3 is 0 Å². The maximum atomic E-state index is 14.8. The van der Waals surface area contributed by atoms with Crippen LogP contribution in [-0.2, 0) is 6.54 Å². The first-order valence-corrected chi connectivity index (χ1v) is 12.6. The van der Waals surface area contributed by atoms with Gasteiger partial charge in [-0.1, -0.05) is 31.5 Å². The second-order valence-corrected chi connectivity index (χ2v) is 9.00. The third kappa shape index (κ3) is 6.76. The smallest absolute Gasteiger partial charge is 0.251 e. The lowest BCUT2D eigenvalue weighted by Crippen LogP contribution is -2.22. The predicted octanol–water partition coefficient (Wildman–Crippen LogP) is 6.57. The minimum absolute atomic E-state index is 0.0565. The second-order valence-electron chi connectivity index (χ2n) is 9.00. The summed E-state index contributed by atoms with van der Waals surface area (Å²) < 4.78 is 27.8. The molecule has 1 heterocycles. The molecule has 0 saturated heterocycles. The second kappa shape index (κ2) is 12.2. The molecule has 0 spiro atoms. The Hall–Kier alpha value is -4.13. The Labute approximate surface area is 217 Å². The van der Waals surface area contributed by atoms with Crippen molar-refractivity contribution in [3.63, 3.8) is 0 Å². The Balaban J connectivity index is 1.56. The van der Waals surface area contributed by atoms with Crippen LogP contribution < -0.4 is 14.8 Å². The monoisotopic (exact) mass is 501 g/mol. The van der Waals surface area contributed by atoms with E-state index in [9.17, 15) is 9.18 Å². The normalized spacial score (nSPS) is 10.9. The average molecular weight is 502 g/mol. The summed E-state index contributed by atoms with van der Waals surface area (Å²) in [6.07, 6.45) is 3.75. The number of nitrogens with one attached hydrogen (secondary N) is 1. The largest absolute Gasteiger partial charge is 0.491 e. The first-order chi connectivity index (χ1) is 17.9. The van der Waals surface area contributed by atoms with Gasteiger partial charge in [0.1, 0.15) is 5.75 Å². The van der Waals surface area contributed by atoms with Crippen molar-refractivity contribution in [3.8, 4) is 28.4 Å². The molecule has 0 radical (unpaired) electrons. The van der Waals surface area contributed by atoms with E-state index >= 15 is 0 Å². The number of benzene rings is 3. The van der Waals surface area contributed by atoms with Crippen molar-refractivity contribution < 1.29 is 18.7 Å². The molecule has 4 aromatic rings. The Morgan fingerprint density at radius 1 is 1.05 bits per heavy atom. The zero-order valence-corrected chi connectivity index (χ0v) is 21.4. The molecule has 0 fully saturated rings. The number of ether oxygens (including phenoxy) is 2. The highest BCUT2D eigenvalue weighted by atomic mass is 19.1. The zero-order chi connectivity index (χ0) is 26.2. The quantitative estimate of drug-likeness (QED) is 0.236. The van der Waals surface area contributed by atoms with Crippen molar-refractivity contribution in [2.75, 3.05) is 6.61 Å². The molecule has 7 heteroatoms. The van der Waals surface area contributed by atoms with E-state index in [1.807, 2.05) is 50.4 Å². The van der Waals surface area contributed by atoms with Gasteiger partial charge in [0.25, 0.3) is 5.91 Å². The number of rotatable bonds is 11. The number of para-hydroxylation sites is 1. The van der Waals surface area contributed by atoms with Gasteiger partial charge in [-0.3, -0.25) is 4.79 Å². The lowest BCUT2D eigenvalue weighted by atomic mass is 10.1. The van der Waals surface area contributed by atoms with Gasteiger partial charge in [0.2, 0.25) is 0 Å². The van der Waals surface area contributed by atoms with Crippen LogP contribution in [0, 0.1) is 5.82 Å². The number of hydrogen-bond donors (Lipinski definition) is 1. The molecule has 0 aliphatic rings. The Morgan fingerprint density at radius 3 is 2.49 bits per heavy atom. The maximum absolute atomic E-state index is 14.8. The minimum Gasteiger partial charge on any atom is -0.491 e. The molecule has 4 rings (SSSR count). The molecule has 0 unspecified atom stereocenters. The van der Waals surface area contributed by atoms with Crippen molar-refractivity contribution in [2.24, 2.45) is 0 Å². The van der Waals surface area contributed by atoms with Crippen LogP contribution in [0.2, 0.25) is 0 Å². The van der Waals surface area contributed by atoms with Crippen molar-refractivity contribution in [1.82, 2.24) is 15.1 Å². The molecular weight excluding hydrogens is 469 g/mol. The van der Waals surface area contributed by atoms with Gasteiger partial charge < -0.3 is 14.8 Å². The number of amides is 1. The van der Waals surface area contributed by atoms with Gasteiger partial charge in [-0.2, -0.15) is 5.10 Å². The van der Waals surface area contributed by atoms with Crippen molar-refractivity contribution in [1.29, 1.82) is 0 Å². The number of hydrogen-bond acceptors (Lipinski definition) is 4. The van der Waals surface area contributed by atoms with E-state index in [-0.39, 0.29) is 24.3 Å². The Bertz CT molecular complexity index is 1320. The number of carbonyl (C=O) groups is 1. The van der Waals surface area contributed by atoms with Gasteiger partial charge in [0.05, 0.1) is 24.1 Å². The fourth-order valence-electron chi connectivity index (χ4n) is 3.82. The number of aromatic nitrogens is 2. The number of carbonyl (C=O) groups excluding carboxylic acids is 1. The number of halogens is 1. The molecule has 0 bridgehead atoms. The molecule has 1 N–H and O–H groups in total. The van der Waals surface area contributed by atoms with Gasteiger partial charge in [0.15, 0.2) is 11.6 Å². The summed E-state index contributed by atoms with van der Waals surface area (Å²) in [5.41, 5.74) is 3.34. The first-order valence-electron chi connectivity index (χ1n) is 12.6. The minimum atomic E-state index is -0.443. The summed E-state index contributed by atoms with van der Waals surface area (Å²) in [6, 6.07) is 21.5. The van der Waals surface area contributed by atoms with E-state index in [0.717, 1.165) is 24.1 Å². The third-order valence-corrected chi connectivity index (χ3v) is 5.70. The SMILES string of the molecule is CCCCOc1ccc(-c2nn(-c3ccccc3)cc2CNC(=O)c2ccc(OC(C)C)cc2)cc1F. The molecule has 0 atom stereocenters. The van der Waals surface area contributed by atoms with E-state index < -0.39 is 5.82 Å². The highest BCUT2D eigenvalue weighted by Crippen LogP contribution is 2.28. The molecule has 0 saturated carbocycles. The van der Waals surface area contributed by atoms with Crippen LogP contribution in [-0.4, -0.2) is 28.4 Å². The molecule has 6 nitrogen and oxygen atoms in total. The molecule has 192 valence electrons. The number of unbranched alkanes of at least 4 members (excludes halogenated alkanes) is 1. The summed E-state index contributed by atoms with van der Waals surface area (Å²) >= 11 is 0. The molecule has 1 aromatic heterocycles.